The molecule has 1 fully saturated rings. The summed E-state index contributed by atoms with van der Waals surface area (Å²) in [5.74, 6) is -0.432. The Morgan fingerprint density at radius 2 is 2.00 bits per heavy atom. The van der Waals surface area contributed by atoms with Crippen LogP contribution in [0.4, 0.5) is 0 Å². The predicted octanol–water partition coefficient (Wildman–Crippen LogP) is 5.36. The summed E-state index contributed by atoms with van der Waals surface area (Å²) in [6, 6.07) is 18.6. The first-order valence-electron chi connectivity index (χ1n) is 14.2. The number of carbonyl (C=O) groups excluding carboxylic acids is 1. The average Bonchev–Trinajstić information content (AvgIpc) is 3.43. The van der Waals surface area contributed by atoms with E-state index in [9.17, 15) is 14.7 Å². The third kappa shape index (κ3) is 7.86. The number of benzene rings is 2. The minimum absolute atomic E-state index is 0.0857. The van der Waals surface area contributed by atoms with Crippen molar-refractivity contribution in [2.75, 3.05) is 26.8 Å². The van der Waals surface area contributed by atoms with E-state index in [1.165, 1.54) is 11.3 Å². The molecule has 1 amide bonds. The normalized spacial score (nSPS) is 16.1. The molecule has 0 saturated carbocycles. The lowest BCUT2D eigenvalue weighted by Gasteiger charge is -2.23. The molecule has 0 bridgehead atoms. The van der Waals surface area contributed by atoms with Crippen LogP contribution in [-0.4, -0.2) is 53.6 Å². The van der Waals surface area contributed by atoms with Gasteiger partial charge in [-0.2, -0.15) is 0 Å². The molecule has 1 aliphatic heterocycles. The Hall–Kier alpha value is -3.05. The van der Waals surface area contributed by atoms with Gasteiger partial charge in [-0.3, -0.25) is 14.5 Å². The van der Waals surface area contributed by atoms with Gasteiger partial charge < -0.3 is 24.5 Å². The first-order chi connectivity index (χ1) is 20.4. The number of halogens is 1. The van der Waals surface area contributed by atoms with Crippen LogP contribution >= 0.6 is 22.9 Å². The molecular formula is C32H36ClN3O5S. The van der Waals surface area contributed by atoms with Gasteiger partial charge >= 0.3 is 0 Å². The lowest BCUT2D eigenvalue weighted by molar-refractivity contribution is -0.163. The van der Waals surface area contributed by atoms with Crippen molar-refractivity contribution in [3.05, 3.63) is 104 Å². The van der Waals surface area contributed by atoms with E-state index in [-0.39, 0.29) is 23.8 Å². The SMILES string of the molecule is CN(Cc1cc2c(=O)c(C(=O)NCc3ccc(Cl)cc3)cn(CCOC3CCCCO3)c2s1)C[C@H](O)c1ccccc1. The molecule has 1 unspecified atom stereocenters. The molecule has 1 saturated heterocycles. The summed E-state index contributed by atoms with van der Waals surface area (Å²) in [6.45, 7) is 2.83. The number of aromatic nitrogens is 1. The van der Waals surface area contributed by atoms with Crippen LogP contribution in [0.3, 0.4) is 0 Å². The second-order valence-corrected chi connectivity index (χ2v) is 12.1. The molecule has 2 aromatic carbocycles. The Balaban J connectivity index is 1.35. The highest BCUT2D eigenvalue weighted by Crippen LogP contribution is 2.26. The van der Waals surface area contributed by atoms with E-state index < -0.39 is 12.0 Å². The molecule has 0 radical (unpaired) electrons. The van der Waals surface area contributed by atoms with Crippen molar-refractivity contribution in [1.82, 2.24) is 14.8 Å². The van der Waals surface area contributed by atoms with Gasteiger partial charge in [0.25, 0.3) is 5.91 Å². The number of aliphatic hydroxyl groups is 1. The van der Waals surface area contributed by atoms with Gasteiger partial charge in [-0.1, -0.05) is 54.1 Å². The van der Waals surface area contributed by atoms with Gasteiger partial charge in [-0.05, 0) is 55.6 Å². The van der Waals surface area contributed by atoms with Gasteiger partial charge in [0, 0.05) is 48.9 Å². The largest absolute Gasteiger partial charge is 0.387 e. The quantitative estimate of drug-likeness (QED) is 0.225. The highest BCUT2D eigenvalue weighted by atomic mass is 35.5. The molecule has 2 aromatic heterocycles. The molecule has 0 spiro atoms. The molecule has 2 atom stereocenters. The number of thiophene rings is 1. The third-order valence-corrected chi connectivity index (χ3v) is 8.69. The van der Waals surface area contributed by atoms with Gasteiger partial charge in [-0.15, -0.1) is 11.3 Å². The Bertz CT molecular complexity index is 1530. The maximum absolute atomic E-state index is 13.6. The highest BCUT2D eigenvalue weighted by molar-refractivity contribution is 7.18. The fourth-order valence-corrected chi connectivity index (χ4v) is 6.40. The van der Waals surface area contributed by atoms with E-state index in [1.54, 1.807) is 18.3 Å². The predicted molar refractivity (Wildman–Crippen MR) is 166 cm³/mol. The fourth-order valence-electron chi connectivity index (χ4n) is 5.04. The zero-order valence-electron chi connectivity index (χ0n) is 23.6. The highest BCUT2D eigenvalue weighted by Gasteiger charge is 2.20. The Morgan fingerprint density at radius 1 is 1.21 bits per heavy atom. The van der Waals surface area contributed by atoms with Crippen LogP contribution in [0.15, 0.2) is 71.7 Å². The molecule has 10 heteroatoms. The van der Waals surface area contributed by atoms with Crippen molar-refractivity contribution in [3.8, 4) is 0 Å². The summed E-state index contributed by atoms with van der Waals surface area (Å²) in [5, 5.41) is 14.7. The van der Waals surface area contributed by atoms with E-state index in [0.717, 1.165) is 40.1 Å². The molecule has 0 aliphatic carbocycles. The van der Waals surface area contributed by atoms with Gasteiger partial charge in [-0.25, -0.2) is 0 Å². The van der Waals surface area contributed by atoms with Crippen LogP contribution < -0.4 is 10.7 Å². The van der Waals surface area contributed by atoms with Crippen molar-refractivity contribution < 1.29 is 19.4 Å². The third-order valence-electron chi connectivity index (χ3n) is 7.28. The maximum Gasteiger partial charge on any atom is 0.257 e. The van der Waals surface area contributed by atoms with E-state index in [2.05, 4.69) is 5.32 Å². The van der Waals surface area contributed by atoms with Crippen molar-refractivity contribution in [3.63, 3.8) is 0 Å². The number of hydrogen-bond acceptors (Lipinski definition) is 7. The zero-order chi connectivity index (χ0) is 29.5. The van der Waals surface area contributed by atoms with Crippen LogP contribution in [0.25, 0.3) is 10.2 Å². The molecular weight excluding hydrogens is 574 g/mol. The fraction of sp³-hybridized carbons (Fsp3) is 0.375. The monoisotopic (exact) mass is 609 g/mol. The van der Waals surface area contributed by atoms with Crippen LogP contribution in [0.2, 0.25) is 5.02 Å². The number of aliphatic hydroxyl groups excluding tert-OH is 1. The zero-order valence-corrected chi connectivity index (χ0v) is 25.2. The standard InChI is InChI=1S/C32H36ClN3O5S/c1-35(21-28(37)23-7-3-2-4-8-23)19-25-17-26-30(38)27(31(39)34-18-22-10-12-24(33)13-11-22)20-36(32(26)42-25)14-16-41-29-9-5-6-15-40-29/h2-4,7-8,10-13,17,20,28-29,37H,5-6,9,14-16,18-19,21H2,1H3,(H,34,39)/t28-,29?/m0/s1. The minimum atomic E-state index is -0.624. The topological polar surface area (TPSA) is 93.0 Å². The first kappa shape index (κ1) is 30.4. The molecule has 42 heavy (non-hydrogen) atoms. The summed E-state index contributed by atoms with van der Waals surface area (Å²) in [6.07, 6.45) is 3.77. The van der Waals surface area contributed by atoms with Crippen LogP contribution in [0.1, 0.15) is 51.7 Å². The number of hydrogen-bond donors (Lipinski definition) is 2. The van der Waals surface area contributed by atoms with E-state index in [4.69, 9.17) is 21.1 Å². The van der Waals surface area contributed by atoms with Crippen molar-refractivity contribution in [2.45, 2.75) is 51.3 Å². The average molecular weight is 610 g/mol. The maximum atomic E-state index is 13.6. The smallest absolute Gasteiger partial charge is 0.257 e. The van der Waals surface area contributed by atoms with Gasteiger partial charge in [0.1, 0.15) is 10.4 Å². The van der Waals surface area contributed by atoms with Crippen molar-refractivity contribution >= 4 is 39.1 Å². The lowest BCUT2D eigenvalue weighted by Crippen LogP contribution is -2.30. The number of ether oxygens (including phenoxy) is 2. The van der Waals surface area contributed by atoms with E-state index in [0.29, 0.717) is 43.3 Å². The number of pyridine rings is 1. The number of rotatable bonds is 12. The molecule has 3 heterocycles. The molecule has 4 aromatic rings. The Labute approximate surface area is 254 Å². The Kier molecular flexibility index (Phi) is 10.4. The van der Waals surface area contributed by atoms with E-state index >= 15 is 0 Å². The number of nitrogens with one attached hydrogen (secondary N) is 1. The summed E-state index contributed by atoms with van der Waals surface area (Å²) in [4.78, 5) is 30.6. The molecule has 8 nitrogen and oxygen atoms in total. The molecule has 1 aliphatic rings. The van der Waals surface area contributed by atoms with Crippen LogP contribution in [-0.2, 0) is 29.1 Å². The first-order valence-corrected chi connectivity index (χ1v) is 15.4. The van der Waals surface area contributed by atoms with Gasteiger partial charge in [0.2, 0.25) is 5.43 Å². The Morgan fingerprint density at radius 3 is 2.74 bits per heavy atom. The molecule has 2 N–H and O–H groups in total. The summed E-state index contributed by atoms with van der Waals surface area (Å²) >= 11 is 7.49. The second kappa shape index (κ2) is 14.4. The molecule has 222 valence electrons. The van der Waals surface area contributed by atoms with Crippen molar-refractivity contribution in [1.29, 1.82) is 0 Å². The number of carbonyl (C=O) groups is 1. The summed E-state index contributed by atoms with van der Waals surface area (Å²) in [7, 11) is 1.94. The molecule has 5 rings (SSSR count). The lowest BCUT2D eigenvalue weighted by atomic mass is 10.1. The number of likely N-dealkylation sites (N-methyl/N-ethyl adjacent to an activating group) is 1. The van der Waals surface area contributed by atoms with Gasteiger partial charge in [0.05, 0.1) is 18.1 Å². The van der Waals surface area contributed by atoms with E-state index in [1.807, 2.05) is 65.0 Å². The number of fused-ring (bicyclic) bond motifs is 1. The van der Waals surface area contributed by atoms with Gasteiger partial charge in [0.15, 0.2) is 6.29 Å². The summed E-state index contributed by atoms with van der Waals surface area (Å²) < 4.78 is 13.6. The van der Waals surface area contributed by atoms with Crippen molar-refractivity contribution in [2.24, 2.45) is 0 Å². The minimum Gasteiger partial charge on any atom is -0.387 e. The van der Waals surface area contributed by atoms with Crippen LogP contribution in [0.5, 0.6) is 0 Å². The number of amides is 1. The summed E-state index contributed by atoms with van der Waals surface area (Å²) in [5.41, 5.74) is 1.52. The number of nitrogens with zero attached hydrogens (tertiary/aromatic N) is 2. The second-order valence-electron chi connectivity index (χ2n) is 10.6. The van der Waals surface area contributed by atoms with Crippen LogP contribution in [0, 0.1) is 0 Å².